The molecule has 3 rings (SSSR count). The van der Waals surface area contributed by atoms with Crippen molar-refractivity contribution in [3.63, 3.8) is 0 Å². The number of nitrogens with two attached hydrogens (primary N) is 1. The first-order valence-corrected chi connectivity index (χ1v) is 11.5. The zero-order valence-corrected chi connectivity index (χ0v) is 18.4. The lowest BCUT2D eigenvalue weighted by Gasteiger charge is -2.25. The van der Waals surface area contributed by atoms with Crippen molar-refractivity contribution in [2.24, 2.45) is 5.73 Å². The molecule has 0 saturated heterocycles. The number of esters is 1. The van der Waals surface area contributed by atoms with E-state index in [4.69, 9.17) is 10.5 Å². The standard InChI is InChI=1S/C26H34N2O3/c1-2-9-23(27)26(30)28-24(18-25(29)31-22-12-7-4-8-13-22)21-16-14-20(15-17-21)19-10-5-3-6-11-19/h3,5-6,10-11,14-17,22-24H,2,4,7-9,12-13,18,27H2,1H3,(H,28,30)/t23-,24?/m1/s1. The largest absolute Gasteiger partial charge is 0.462 e. The van der Waals surface area contributed by atoms with Crippen molar-refractivity contribution in [3.05, 3.63) is 60.2 Å². The number of nitrogens with one attached hydrogen (secondary N) is 1. The van der Waals surface area contributed by atoms with Crippen molar-refractivity contribution in [2.75, 3.05) is 0 Å². The molecular formula is C26H34N2O3. The molecule has 2 aromatic rings. The fourth-order valence-corrected chi connectivity index (χ4v) is 4.10. The van der Waals surface area contributed by atoms with Crippen LogP contribution < -0.4 is 11.1 Å². The Labute approximate surface area is 185 Å². The van der Waals surface area contributed by atoms with Crippen molar-refractivity contribution in [1.29, 1.82) is 0 Å². The van der Waals surface area contributed by atoms with Crippen molar-refractivity contribution >= 4 is 11.9 Å². The Balaban J connectivity index is 1.72. The SMILES string of the molecule is CCC[C@@H](N)C(=O)NC(CC(=O)OC1CCCCC1)c1ccc(-c2ccccc2)cc1. The van der Waals surface area contributed by atoms with Gasteiger partial charge in [0.15, 0.2) is 0 Å². The molecule has 2 aromatic carbocycles. The maximum atomic E-state index is 12.7. The molecule has 0 aromatic heterocycles. The van der Waals surface area contributed by atoms with E-state index in [0.29, 0.717) is 6.42 Å². The second-order valence-corrected chi connectivity index (χ2v) is 8.40. The maximum absolute atomic E-state index is 12.7. The van der Waals surface area contributed by atoms with Crippen LogP contribution in [0, 0.1) is 0 Å². The van der Waals surface area contributed by atoms with Crippen molar-refractivity contribution in [2.45, 2.75) is 76.5 Å². The average Bonchev–Trinajstić information content (AvgIpc) is 2.80. The van der Waals surface area contributed by atoms with Gasteiger partial charge in [-0.1, -0.05) is 74.4 Å². The third kappa shape index (κ3) is 6.93. The van der Waals surface area contributed by atoms with E-state index in [1.807, 2.05) is 49.4 Å². The summed E-state index contributed by atoms with van der Waals surface area (Å²) in [6.45, 7) is 1.99. The summed E-state index contributed by atoms with van der Waals surface area (Å²) in [5.41, 5.74) is 9.09. The highest BCUT2D eigenvalue weighted by atomic mass is 16.5. The summed E-state index contributed by atoms with van der Waals surface area (Å²) in [5.74, 6) is -0.502. The summed E-state index contributed by atoms with van der Waals surface area (Å²) in [6, 6.07) is 17.0. The van der Waals surface area contributed by atoms with Crippen LogP contribution in [0.3, 0.4) is 0 Å². The second kappa shape index (κ2) is 11.7. The molecule has 0 bridgehead atoms. The number of amides is 1. The predicted octanol–water partition coefficient (Wildman–Crippen LogP) is 4.90. The van der Waals surface area contributed by atoms with E-state index in [2.05, 4.69) is 17.4 Å². The average molecular weight is 423 g/mol. The Bertz CT molecular complexity index is 829. The monoisotopic (exact) mass is 422 g/mol. The summed E-state index contributed by atoms with van der Waals surface area (Å²) < 4.78 is 5.70. The molecule has 3 N–H and O–H groups in total. The van der Waals surface area contributed by atoms with Crippen LogP contribution in [0.25, 0.3) is 11.1 Å². The number of hydrogen-bond donors (Lipinski definition) is 2. The van der Waals surface area contributed by atoms with Gasteiger partial charge < -0.3 is 15.8 Å². The molecule has 0 spiro atoms. The van der Waals surface area contributed by atoms with Crippen LogP contribution in [0.1, 0.15) is 69.9 Å². The molecule has 1 unspecified atom stereocenters. The van der Waals surface area contributed by atoms with Crippen molar-refractivity contribution in [1.82, 2.24) is 5.32 Å². The van der Waals surface area contributed by atoms with Crippen LogP contribution in [0.2, 0.25) is 0 Å². The van der Waals surface area contributed by atoms with Gasteiger partial charge >= 0.3 is 5.97 Å². The third-order valence-corrected chi connectivity index (χ3v) is 5.89. The van der Waals surface area contributed by atoms with Gasteiger partial charge in [0.2, 0.25) is 5.91 Å². The lowest BCUT2D eigenvalue weighted by atomic mass is 9.97. The van der Waals surface area contributed by atoms with Gasteiger partial charge in [-0.2, -0.15) is 0 Å². The lowest BCUT2D eigenvalue weighted by Crippen LogP contribution is -2.42. The molecule has 5 nitrogen and oxygen atoms in total. The Hall–Kier alpha value is -2.66. The molecule has 0 radical (unpaired) electrons. The number of hydrogen-bond acceptors (Lipinski definition) is 4. The highest BCUT2D eigenvalue weighted by Gasteiger charge is 2.24. The van der Waals surface area contributed by atoms with Crippen LogP contribution in [-0.4, -0.2) is 24.0 Å². The molecular weight excluding hydrogens is 388 g/mol. The van der Waals surface area contributed by atoms with E-state index in [9.17, 15) is 9.59 Å². The first-order chi connectivity index (χ1) is 15.1. The Kier molecular flexibility index (Phi) is 8.65. The van der Waals surface area contributed by atoms with E-state index in [0.717, 1.165) is 48.8 Å². The van der Waals surface area contributed by atoms with Crippen LogP contribution in [0.4, 0.5) is 0 Å². The minimum atomic E-state index is -0.578. The summed E-state index contributed by atoms with van der Waals surface area (Å²) in [4.78, 5) is 25.2. The molecule has 1 aliphatic rings. The summed E-state index contributed by atoms with van der Waals surface area (Å²) in [7, 11) is 0. The molecule has 1 aliphatic carbocycles. The van der Waals surface area contributed by atoms with Gasteiger partial charge in [0, 0.05) is 0 Å². The molecule has 0 heterocycles. The second-order valence-electron chi connectivity index (χ2n) is 8.40. The van der Waals surface area contributed by atoms with Crippen molar-refractivity contribution in [3.8, 4) is 11.1 Å². The summed E-state index contributed by atoms with van der Waals surface area (Å²) in [5, 5.41) is 2.98. The molecule has 1 amide bonds. The van der Waals surface area contributed by atoms with Gasteiger partial charge in [0.1, 0.15) is 6.10 Å². The first kappa shape index (κ1) is 23.0. The zero-order valence-electron chi connectivity index (χ0n) is 18.4. The topological polar surface area (TPSA) is 81.4 Å². The molecule has 1 saturated carbocycles. The minimum absolute atomic E-state index is 0.000376. The quantitative estimate of drug-likeness (QED) is 0.563. The minimum Gasteiger partial charge on any atom is -0.462 e. The van der Waals surface area contributed by atoms with Gasteiger partial charge in [-0.15, -0.1) is 0 Å². The summed E-state index contributed by atoms with van der Waals surface area (Å²) >= 11 is 0. The Morgan fingerprint density at radius 1 is 1.00 bits per heavy atom. The Morgan fingerprint density at radius 3 is 2.29 bits per heavy atom. The number of carbonyl (C=O) groups is 2. The number of benzene rings is 2. The lowest BCUT2D eigenvalue weighted by molar-refractivity contribution is -0.151. The predicted molar refractivity (Wildman–Crippen MR) is 123 cm³/mol. The van der Waals surface area contributed by atoms with Gasteiger partial charge in [0.25, 0.3) is 0 Å². The van der Waals surface area contributed by atoms with Gasteiger partial charge in [-0.05, 0) is 48.8 Å². The van der Waals surface area contributed by atoms with Gasteiger partial charge in [-0.3, -0.25) is 9.59 Å². The van der Waals surface area contributed by atoms with E-state index < -0.39 is 12.1 Å². The number of ether oxygens (including phenoxy) is 1. The molecule has 1 fully saturated rings. The van der Waals surface area contributed by atoms with Crippen molar-refractivity contribution < 1.29 is 14.3 Å². The molecule has 166 valence electrons. The Morgan fingerprint density at radius 2 is 1.65 bits per heavy atom. The highest BCUT2D eigenvalue weighted by Crippen LogP contribution is 2.25. The van der Waals surface area contributed by atoms with E-state index in [1.165, 1.54) is 6.42 Å². The first-order valence-electron chi connectivity index (χ1n) is 11.5. The van der Waals surface area contributed by atoms with E-state index >= 15 is 0 Å². The van der Waals surface area contributed by atoms with Gasteiger partial charge in [0.05, 0.1) is 18.5 Å². The molecule has 5 heteroatoms. The number of carbonyl (C=O) groups excluding carboxylic acids is 2. The fourth-order valence-electron chi connectivity index (χ4n) is 4.10. The van der Waals surface area contributed by atoms with Crippen LogP contribution in [0.15, 0.2) is 54.6 Å². The summed E-state index contributed by atoms with van der Waals surface area (Å²) in [6.07, 6.45) is 6.80. The molecule has 31 heavy (non-hydrogen) atoms. The van der Waals surface area contributed by atoms with Crippen LogP contribution in [-0.2, 0) is 14.3 Å². The third-order valence-electron chi connectivity index (χ3n) is 5.89. The number of rotatable bonds is 9. The van der Waals surface area contributed by atoms with E-state index in [-0.39, 0.29) is 24.4 Å². The smallest absolute Gasteiger partial charge is 0.308 e. The highest BCUT2D eigenvalue weighted by molar-refractivity contribution is 5.82. The van der Waals surface area contributed by atoms with Crippen LogP contribution >= 0.6 is 0 Å². The van der Waals surface area contributed by atoms with Gasteiger partial charge in [-0.25, -0.2) is 0 Å². The fraction of sp³-hybridized carbons (Fsp3) is 0.462. The van der Waals surface area contributed by atoms with E-state index in [1.54, 1.807) is 0 Å². The van der Waals surface area contributed by atoms with Crippen LogP contribution in [0.5, 0.6) is 0 Å². The molecule has 0 aliphatic heterocycles. The normalized spacial score (nSPS) is 16.3. The molecule has 2 atom stereocenters. The maximum Gasteiger partial charge on any atom is 0.308 e. The zero-order chi connectivity index (χ0) is 22.1.